The first-order valence-electron chi connectivity index (χ1n) is 3.83. The molecule has 66 valence electrons. The molecule has 1 aromatic carbocycles. The second kappa shape index (κ2) is 3.54. The number of hydrogen-bond donors (Lipinski definition) is 2. The van der Waals surface area contributed by atoms with Gasteiger partial charge in [-0.1, -0.05) is 6.07 Å². The number of nitrogens with two attached hydrogens (primary N) is 1. The summed E-state index contributed by atoms with van der Waals surface area (Å²) in [6, 6.07) is 3.11. The van der Waals surface area contributed by atoms with Crippen LogP contribution in [-0.2, 0) is 6.42 Å². The maximum Gasteiger partial charge on any atom is 0.167 e. The quantitative estimate of drug-likeness (QED) is 0.701. The van der Waals surface area contributed by atoms with Gasteiger partial charge in [0.25, 0.3) is 0 Å². The third-order valence-corrected chi connectivity index (χ3v) is 1.73. The third kappa shape index (κ3) is 1.74. The van der Waals surface area contributed by atoms with E-state index in [2.05, 4.69) is 0 Å². The Bertz CT molecular complexity index is 263. The van der Waals surface area contributed by atoms with Crippen molar-refractivity contribution >= 4 is 0 Å². The fraction of sp³-hybridized carbons (Fsp3) is 0.333. The monoisotopic (exact) mass is 169 g/mol. The van der Waals surface area contributed by atoms with Crippen molar-refractivity contribution in [2.75, 3.05) is 6.54 Å². The van der Waals surface area contributed by atoms with Gasteiger partial charge in [0.2, 0.25) is 0 Å². The van der Waals surface area contributed by atoms with E-state index in [1.807, 2.05) is 0 Å². The lowest BCUT2D eigenvalue weighted by Gasteiger charge is -2.03. The van der Waals surface area contributed by atoms with Gasteiger partial charge < -0.3 is 10.8 Å². The molecule has 3 heteroatoms. The summed E-state index contributed by atoms with van der Waals surface area (Å²) in [6.07, 6.45) is 0.661. The topological polar surface area (TPSA) is 46.2 Å². The largest absolute Gasteiger partial charge is 0.505 e. The zero-order chi connectivity index (χ0) is 9.14. The molecular formula is C9H12FNO. The summed E-state index contributed by atoms with van der Waals surface area (Å²) in [5.41, 5.74) is 6.65. The van der Waals surface area contributed by atoms with Gasteiger partial charge in [0.15, 0.2) is 11.6 Å². The van der Waals surface area contributed by atoms with Crippen molar-refractivity contribution in [1.29, 1.82) is 0 Å². The molecule has 0 aliphatic carbocycles. The van der Waals surface area contributed by atoms with Crippen molar-refractivity contribution < 1.29 is 9.50 Å². The highest BCUT2D eigenvalue weighted by atomic mass is 19.1. The lowest BCUT2D eigenvalue weighted by Crippen LogP contribution is -2.03. The first-order chi connectivity index (χ1) is 5.65. The molecule has 0 saturated carbocycles. The van der Waals surface area contributed by atoms with Crippen molar-refractivity contribution in [3.8, 4) is 5.75 Å². The van der Waals surface area contributed by atoms with Gasteiger partial charge >= 0.3 is 0 Å². The van der Waals surface area contributed by atoms with E-state index < -0.39 is 5.82 Å². The molecule has 0 unspecified atom stereocenters. The van der Waals surface area contributed by atoms with Crippen LogP contribution < -0.4 is 5.73 Å². The minimum absolute atomic E-state index is 0.293. The molecule has 1 aromatic rings. The van der Waals surface area contributed by atoms with Gasteiger partial charge in [-0.25, -0.2) is 4.39 Å². The minimum atomic E-state index is -0.546. The van der Waals surface area contributed by atoms with Gasteiger partial charge in [-0.15, -0.1) is 0 Å². The van der Waals surface area contributed by atoms with Gasteiger partial charge in [0.1, 0.15) is 0 Å². The smallest absolute Gasteiger partial charge is 0.167 e. The van der Waals surface area contributed by atoms with E-state index in [1.165, 1.54) is 6.07 Å². The van der Waals surface area contributed by atoms with Gasteiger partial charge in [0, 0.05) is 0 Å². The molecule has 12 heavy (non-hydrogen) atoms. The lowest BCUT2D eigenvalue weighted by molar-refractivity contribution is 0.429. The second-order valence-corrected chi connectivity index (χ2v) is 2.78. The molecule has 3 N–H and O–H groups in total. The highest BCUT2D eigenvalue weighted by Gasteiger charge is 2.05. The summed E-state index contributed by atoms with van der Waals surface area (Å²) >= 11 is 0. The first-order valence-corrected chi connectivity index (χ1v) is 3.83. The average molecular weight is 169 g/mol. The Labute approximate surface area is 70.8 Å². The standard InChI is InChI=1S/C9H12FNO/c1-6-4-7(2-3-11)5-8(12)9(6)10/h4-5,12H,2-3,11H2,1H3. The maximum absolute atomic E-state index is 12.9. The first kappa shape index (κ1) is 9.00. The van der Waals surface area contributed by atoms with Crippen molar-refractivity contribution in [3.63, 3.8) is 0 Å². The summed E-state index contributed by atoms with van der Waals surface area (Å²) in [4.78, 5) is 0. The average Bonchev–Trinajstić information content (AvgIpc) is 2.01. The van der Waals surface area contributed by atoms with Crippen molar-refractivity contribution in [1.82, 2.24) is 0 Å². The van der Waals surface area contributed by atoms with Crippen LogP contribution in [0.4, 0.5) is 4.39 Å². The fourth-order valence-corrected chi connectivity index (χ4v) is 1.14. The molecule has 1 rings (SSSR count). The fourth-order valence-electron chi connectivity index (χ4n) is 1.14. The number of aryl methyl sites for hydroxylation is 1. The van der Waals surface area contributed by atoms with E-state index in [1.54, 1.807) is 13.0 Å². The third-order valence-electron chi connectivity index (χ3n) is 1.73. The minimum Gasteiger partial charge on any atom is -0.505 e. The van der Waals surface area contributed by atoms with E-state index >= 15 is 0 Å². The highest BCUT2D eigenvalue weighted by molar-refractivity contribution is 5.34. The number of phenols is 1. The number of hydrogen-bond acceptors (Lipinski definition) is 2. The molecule has 0 fully saturated rings. The summed E-state index contributed by atoms with van der Waals surface area (Å²) in [5, 5.41) is 9.09. The van der Waals surface area contributed by atoms with E-state index in [0.29, 0.717) is 18.5 Å². The Morgan fingerprint density at radius 2 is 2.17 bits per heavy atom. The van der Waals surface area contributed by atoms with E-state index in [4.69, 9.17) is 10.8 Å². The van der Waals surface area contributed by atoms with Gasteiger partial charge in [-0.2, -0.15) is 0 Å². The Kier molecular flexibility index (Phi) is 2.65. The molecule has 0 aromatic heterocycles. The molecule has 0 aliphatic rings. The summed E-state index contributed by atoms with van der Waals surface area (Å²) in [5.74, 6) is -0.839. The molecule has 0 radical (unpaired) electrons. The molecule has 2 nitrogen and oxygen atoms in total. The molecular weight excluding hydrogens is 157 g/mol. The number of halogens is 1. The Morgan fingerprint density at radius 1 is 1.50 bits per heavy atom. The van der Waals surface area contributed by atoms with Crippen LogP contribution in [0.5, 0.6) is 5.75 Å². The Hall–Kier alpha value is -1.09. The maximum atomic E-state index is 12.9. The van der Waals surface area contributed by atoms with Gasteiger partial charge in [0.05, 0.1) is 0 Å². The molecule has 0 bridgehead atoms. The van der Waals surface area contributed by atoms with Crippen molar-refractivity contribution in [2.24, 2.45) is 5.73 Å². The van der Waals surface area contributed by atoms with Crippen LogP contribution in [0.3, 0.4) is 0 Å². The summed E-state index contributed by atoms with van der Waals surface area (Å²) in [6.45, 7) is 2.12. The number of rotatable bonds is 2. The van der Waals surface area contributed by atoms with Crippen molar-refractivity contribution in [2.45, 2.75) is 13.3 Å². The van der Waals surface area contributed by atoms with Crippen LogP contribution in [0.25, 0.3) is 0 Å². The molecule has 0 atom stereocenters. The Balaban J connectivity index is 3.04. The van der Waals surface area contributed by atoms with Crippen LogP contribution in [-0.4, -0.2) is 11.7 Å². The molecule has 0 saturated heterocycles. The second-order valence-electron chi connectivity index (χ2n) is 2.78. The van der Waals surface area contributed by atoms with Crippen LogP contribution in [0, 0.1) is 12.7 Å². The molecule has 0 heterocycles. The van der Waals surface area contributed by atoms with E-state index in [-0.39, 0.29) is 5.75 Å². The van der Waals surface area contributed by atoms with Gasteiger partial charge in [-0.3, -0.25) is 0 Å². The normalized spacial score (nSPS) is 10.2. The predicted octanol–water partition coefficient (Wildman–Crippen LogP) is 1.34. The predicted molar refractivity (Wildman–Crippen MR) is 45.6 cm³/mol. The summed E-state index contributed by atoms with van der Waals surface area (Å²) in [7, 11) is 0. The van der Waals surface area contributed by atoms with Crippen LogP contribution in [0.1, 0.15) is 11.1 Å². The molecule has 0 aliphatic heterocycles. The Morgan fingerprint density at radius 3 is 2.67 bits per heavy atom. The summed E-state index contributed by atoms with van der Waals surface area (Å²) < 4.78 is 12.9. The lowest BCUT2D eigenvalue weighted by atomic mass is 10.1. The van der Waals surface area contributed by atoms with Crippen LogP contribution >= 0.6 is 0 Å². The van der Waals surface area contributed by atoms with Crippen LogP contribution in [0.2, 0.25) is 0 Å². The number of benzene rings is 1. The van der Waals surface area contributed by atoms with Crippen molar-refractivity contribution in [3.05, 3.63) is 29.1 Å². The van der Waals surface area contributed by atoms with Gasteiger partial charge in [-0.05, 0) is 37.1 Å². The SMILES string of the molecule is Cc1cc(CCN)cc(O)c1F. The molecule has 0 spiro atoms. The van der Waals surface area contributed by atoms with Crippen LogP contribution in [0.15, 0.2) is 12.1 Å². The van der Waals surface area contributed by atoms with E-state index in [0.717, 1.165) is 5.56 Å². The van der Waals surface area contributed by atoms with E-state index in [9.17, 15) is 4.39 Å². The zero-order valence-electron chi connectivity index (χ0n) is 6.97. The molecule has 0 amide bonds. The zero-order valence-corrected chi connectivity index (χ0v) is 6.97. The number of aromatic hydroxyl groups is 1. The highest BCUT2D eigenvalue weighted by Crippen LogP contribution is 2.20. The number of phenolic OH excluding ortho intramolecular Hbond substituents is 1.